The highest BCUT2D eigenvalue weighted by atomic mass is 32.2. The SMILES string of the molecule is CC(C)Cn1c(C(C)S(C)(=O)=O)nnc1S(N)(=O)=O. The standard InChI is InChI=1S/C9H18N4O4S2/c1-6(2)5-13-8(7(3)18(4,14)15)11-12-9(13)19(10,16)17/h6-7H,5H2,1-4H3,(H2,10,16,17). The van der Waals surface area contributed by atoms with Crippen molar-refractivity contribution in [3.63, 3.8) is 0 Å². The molecule has 2 N–H and O–H groups in total. The van der Waals surface area contributed by atoms with Gasteiger partial charge in [0.05, 0.1) is 0 Å². The van der Waals surface area contributed by atoms with Crippen LogP contribution in [-0.4, -0.2) is 37.9 Å². The summed E-state index contributed by atoms with van der Waals surface area (Å²) in [4.78, 5) is 0. The van der Waals surface area contributed by atoms with Gasteiger partial charge in [0.1, 0.15) is 5.25 Å². The molecular weight excluding hydrogens is 292 g/mol. The molecule has 0 fully saturated rings. The topological polar surface area (TPSA) is 125 Å². The van der Waals surface area contributed by atoms with Crippen LogP contribution in [-0.2, 0) is 26.4 Å². The Labute approximate surface area is 113 Å². The highest BCUT2D eigenvalue weighted by Crippen LogP contribution is 2.22. The normalized spacial score (nSPS) is 14.8. The van der Waals surface area contributed by atoms with Gasteiger partial charge in [0, 0.05) is 12.8 Å². The average molecular weight is 310 g/mol. The van der Waals surface area contributed by atoms with E-state index in [9.17, 15) is 16.8 Å². The predicted octanol–water partition coefficient (Wildman–Crippen LogP) is -0.313. The summed E-state index contributed by atoms with van der Waals surface area (Å²) in [6.07, 6.45) is 1.06. The van der Waals surface area contributed by atoms with Gasteiger partial charge < -0.3 is 0 Å². The zero-order chi connectivity index (χ0) is 15.0. The van der Waals surface area contributed by atoms with Crippen molar-refractivity contribution in [2.24, 2.45) is 11.1 Å². The second-order valence-corrected chi connectivity index (χ2v) is 8.68. The van der Waals surface area contributed by atoms with E-state index in [0.717, 1.165) is 6.26 Å². The highest BCUT2D eigenvalue weighted by Gasteiger charge is 2.29. The quantitative estimate of drug-likeness (QED) is 0.795. The van der Waals surface area contributed by atoms with Crippen molar-refractivity contribution < 1.29 is 16.8 Å². The fourth-order valence-electron chi connectivity index (χ4n) is 1.54. The molecule has 1 aromatic heterocycles. The molecule has 0 saturated carbocycles. The summed E-state index contributed by atoms with van der Waals surface area (Å²) in [6, 6.07) is 0. The number of sulfone groups is 1. The number of nitrogens with zero attached hydrogens (tertiary/aromatic N) is 3. The molecule has 110 valence electrons. The maximum atomic E-state index is 11.6. The summed E-state index contributed by atoms with van der Waals surface area (Å²) in [7, 11) is -7.45. The minimum absolute atomic E-state index is 0.0835. The molecule has 1 heterocycles. The van der Waals surface area contributed by atoms with E-state index in [2.05, 4.69) is 10.2 Å². The van der Waals surface area contributed by atoms with Gasteiger partial charge in [-0.25, -0.2) is 22.0 Å². The number of hydrogen-bond acceptors (Lipinski definition) is 6. The second-order valence-electron chi connectivity index (χ2n) is 4.86. The lowest BCUT2D eigenvalue weighted by Crippen LogP contribution is -2.23. The maximum Gasteiger partial charge on any atom is 0.273 e. The molecule has 10 heteroatoms. The van der Waals surface area contributed by atoms with Crippen molar-refractivity contribution in [3.8, 4) is 0 Å². The molecule has 0 amide bonds. The van der Waals surface area contributed by atoms with Crippen LogP contribution in [0.25, 0.3) is 0 Å². The second kappa shape index (κ2) is 5.17. The molecule has 0 bridgehead atoms. The first-order chi connectivity index (χ1) is 8.44. The molecule has 8 nitrogen and oxygen atoms in total. The maximum absolute atomic E-state index is 11.6. The molecule has 19 heavy (non-hydrogen) atoms. The fourth-order valence-corrected chi connectivity index (χ4v) is 2.73. The molecule has 0 saturated heterocycles. The minimum atomic E-state index is -4.04. The Morgan fingerprint density at radius 3 is 2.05 bits per heavy atom. The Morgan fingerprint density at radius 1 is 1.16 bits per heavy atom. The van der Waals surface area contributed by atoms with Gasteiger partial charge in [0.25, 0.3) is 15.2 Å². The summed E-state index contributed by atoms with van der Waals surface area (Å²) >= 11 is 0. The lowest BCUT2D eigenvalue weighted by atomic mass is 10.2. The summed E-state index contributed by atoms with van der Waals surface area (Å²) in [5, 5.41) is 10.9. The molecule has 0 aliphatic heterocycles. The predicted molar refractivity (Wildman–Crippen MR) is 69.5 cm³/mol. The number of hydrogen-bond donors (Lipinski definition) is 1. The Kier molecular flexibility index (Phi) is 4.37. The van der Waals surface area contributed by atoms with E-state index in [4.69, 9.17) is 5.14 Å². The third-order valence-corrected chi connectivity index (χ3v) is 4.86. The van der Waals surface area contributed by atoms with Gasteiger partial charge in [-0.05, 0) is 12.8 Å². The Bertz CT molecular complexity index is 660. The van der Waals surface area contributed by atoms with E-state index in [-0.39, 0.29) is 18.3 Å². The smallest absolute Gasteiger partial charge is 0.273 e. The fraction of sp³-hybridized carbons (Fsp3) is 0.778. The Morgan fingerprint density at radius 2 is 1.68 bits per heavy atom. The highest BCUT2D eigenvalue weighted by molar-refractivity contribution is 7.90. The zero-order valence-corrected chi connectivity index (χ0v) is 12.9. The van der Waals surface area contributed by atoms with E-state index in [1.807, 2.05) is 13.8 Å². The number of primary sulfonamides is 1. The first-order valence-electron chi connectivity index (χ1n) is 5.59. The monoisotopic (exact) mass is 310 g/mol. The molecule has 0 radical (unpaired) electrons. The Hall–Kier alpha value is -1.00. The van der Waals surface area contributed by atoms with Gasteiger partial charge in [-0.15, -0.1) is 10.2 Å². The third kappa shape index (κ3) is 3.74. The van der Waals surface area contributed by atoms with Gasteiger partial charge in [-0.1, -0.05) is 13.8 Å². The number of nitrogens with two attached hydrogens (primary N) is 1. The Balaban J connectivity index is 3.47. The third-order valence-electron chi connectivity index (χ3n) is 2.55. The molecule has 1 rings (SSSR count). The summed E-state index contributed by atoms with van der Waals surface area (Å²) in [5.74, 6) is 0.169. The molecule has 0 spiro atoms. The molecule has 0 aliphatic carbocycles. The molecule has 1 aromatic rings. The van der Waals surface area contributed by atoms with Gasteiger partial charge in [0.15, 0.2) is 15.7 Å². The molecule has 1 unspecified atom stereocenters. The van der Waals surface area contributed by atoms with E-state index >= 15 is 0 Å². The van der Waals surface area contributed by atoms with Crippen molar-refractivity contribution in [2.45, 2.75) is 37.7 Å². The van der Waals surface area contributed by atoms with Crippen molar-refractivity contribution in [1.29, 1.82) is 0 Å². The number of rotatable bonds is 5. The molecule has 0 aliphatic rings. The van der Waals surface area contributed by atoms with Crippen LogP contribution in [0.5, 0.6) is 0 Å². The van der Waals surface area contributed by atoms with E-state index in [1.165, 1.54) is 11.5 Å². The van der Waals surface area contributed by atoms with E-state index in [1.54, 1.807) is 0 Å². The van der Waals surface area contributed by atoms with Crippen LogP contribution in [0.1, 0.15) is 31.8 Å². The summed E-state index contributed by atoms with van der Waals surface area (Å²) < 4.78 is 47.2. The molecular formula is C9H18N4O4S2. The van der Waals surface area contributed by atoms with Gasteiger partial charge in [-0.3, -0.25) is 4.57 Å². The van der Waals surface area contributed by atoms with Gasteiger partial charge >= 0.3 is 0 Å². The summed E-state index contributed by atoms with van der Waals surface area (Å²) in [6.45, 7) is 5.43. The molecule has 0 aromatic carbocycles. The van der Waals surface area contributed by atoms with Crippen LogP contribution >= 0.6 is 0 Å². The largest absolute Gasteiger partial charge is 0.299 e. The molecule has 1 atom stereocenters. The van der Waals surface area contributed by atoms with Crippen LogP contribution < -0.4 is 5.14 Å². The van der Waals surface area contributed by atoms with E-state index < -0.39 is 30.3 Å². The lowest BCUT2D eigenvalue weighted by molar-refractivity contribution is 0.467. The van der Waals surface area contributed by atoms with Crippen LogP contribution in [0.15, 0.2) is 5.16 Å². The average Bonchev–Trinajstić information content (AvgIpc) is 2.57. The van der Waals surface area contributed by atoms with Crippen molar-refractivity contribution >= 4 is 19.9 Å². The zero-order valence-electron chi connectivity index (χ0n) is 11.2. The van der Waals surface area contributed by atoms with Crippen LogP contribution in [0, 0.1) is 5.92 Å². The number of sulfonamides is 1. The van der Waals surface area contributed by atoms with Crippen molar-refractivity contribution in [1.82, 2.24) is 14.8 Å². The van der Waals surface area contributed by atoms with Crippen molar-refractivity contribution in [3.05, 3.63) is 5.82 Å². The minimum Gasteiger partial charge on any atom is -0.299 e. The van der Waals surface area contributed by atoms with E-state index in [0.29, 0.717) is 0 Å². The first kappa shape index (κ1) is 16.1. The van der Waals surface area contributed by atoms with Crippen LogP contribution in [0.2, 0.25) is 0 Å². The van der Waals surface area contributed by atoms with Crippen LogP contribution in [0.3, 0.4) is 0 Å². The summed E-state index contributed by atoms with van der Waals surface area (Å²) in [5.41, 5.74) is 0. The van der Waals surface area contributed by atoms with Gasteiger partial charge in [-0.2, -0.15) is 0 Å². The van der Waals surface area contributed by atoms with Crippen molar-refractivity contribution in [2.75, 3.05) is 6.26 Å². The lowest BCUT2D eigenvalue weighted by Gasteiger charge is -2.14. The first-order valence-corrected chi connectivity index (χ1v) is 9.09. The number of aromatic nitrogens is 3. The van der Waals surface area contributed by atoms with Crippen LogP contribution in [0.4, 0.5) is 0 Å². The van der Waals surface area contributed by atoms with Gasteiger partial charge in [0.2, 0.25) is 0 Å².